The van der Waals surface area contributed by atoms with Crippen LogP contribution in [0.1, 0.15) is 35.2 Å². The van der Waals surface area contributed by atoms with Gasteiger partial charge in [0, 0.05) is 18.2 Å². The molecule has 0 radical (unpaired) electrons. The van der Waals surface area contributed by atoms with Gasteiger partial charge in [0.1, 0.15) is 5.75 Å². The second-order valence-electron chi connectivity index (χ2n) is 5.32. The summed E-state index contributed by atoms with van der Waals surface area (Å²) < 4.78 is 5.43. The minimum atomic E-state index is 0.0757. The van der Waals surface area contributed by atoms with E-state index in [1.54, 1.807) is 7.11 Å². The molecule has 21 heavy (non-hydrogen) atoms. The minimum Gasteiger partial charge on any atom is -0.496 e. The van der Waals surface area contributed by atoms with Crippen LogP contribution in [-0.2, 0) is 13.2 Å². The predicted octanol–water partition coefficient (Wildman–Crippen LogP) is 3.35. The summed E-state index contributed by atoms with van der Waals surface area (Å²) in [7, 11) is 1.70. The third kappa shape index (κ3) is 4.06. The summed E-state index contributed by atoms with van der Waals surface area (Å²) in [6.45, 7) is 5.00. The molecule has 0 amide bonds. The van der Waals surface area contributed by atoms with E-state index in [-0.39, 0.29) is 12.6 Å². The van der Waals surface area contributed by atoms with E-state index in [2.05, 4.69) is 37.4 Å². The molecule has 0 aromatic heterocycles. The second kappa shape index (κ2) is 7.25. The van der Waals surface area contributed by atoms with Crippen molar-refractivity contribution < 1.29 is 9.84 Å². The quantitative estimate of drug-likeness (QED) is 0.855. The zero-order valence-electron chi connectivity index (χ0n) is 12.9. The molecule has 1 atom stereocenters. The predicted molar refractivity (Wildman–Crippen MR) is 85.4 cm³/mol. The van der Waals surface area contributed by atoms with Gasteiger partial charge in [-0.3, -0.25) is 0 Å². The molecule has 1 unspecified atom stereocenters. The normalized spacial score (nSPS) is 12.2. The Morgan fingerprint density at radius 2 is 2.00 bits per heavy atom. The lowest BCUT2D eigenvalue weighted by Gasteiger charge is -2.17. The number of ether oxygens (including phenoxy) is 1. The topological polar surface area (TPSA) is 41.5 Å². The molecule has 2 N–H and O–H groups in total. The summed E-state index contributed by atoms with van der Waals surface area (Å²) >= 11 is 0. The summed E-state index contributed by atoms with van der Waals surface area (Å²) in [5.74, 6) is 0.916. The Bertz CT molecular complexity index is 596. The summed E-state index contributed by atoms with van der Waals surface area (Å²) in [5.41, 5.74) is 4.45. The summed E-state index contributed by atoms with van der Waals surface area (Å²) in [5, 5.41) is 12.7. The lowest BCUT2D eigenvalue weighted by atomic mass is 10.0. The third-order valence-corrected chi connectivity index (χ3v) is 3.67. The monoisotopic (exact) mass is 285 g/mol. The smallest absolute Gasteiger partial charge is 0.123 e. The average Bonchev–Trinajstić information content (AvgIpc) is 2.53. The average molecular weight is 285 g/mol. The standard InChI is InChI=1S/C18H23NO2/c1-13-7-8-17(18(9-13)21-3)11-19-14(2)16-6-4-5-15(10-16)12-20/h4-10,14,19-20H,11-12H2,1-3H3. The van der Waals surface area contributed by atoms with Crippen molar-refractivity contribution in [2.24, 2.45) is 0 Å². The molecular weight excluding hydrogens is 262 g/mol. The van der Waals surface area contributed by atoms with Crippen molar-refractivity contribution in [3.63, 3.8) is 0 Å². The molecule has 0 bridgehead atoms. The maximum absolute atomic E-state index is 9.21. The first kappa shape index (κ1) is 15.5. The van der Waals surface area contributed by atoms with Crippen LogP contribution >= 0.6 is 0 Å². The summed E-state index contributed by atoms with van der Waals surface area (Å²) in [6, 6.07) is 14.5. The zero-order valence-corrected chi connectivity index (χ0v) is 12.9. The van der Waals surface area contributed by atoms with Crippen LogP contribution in [0, 0.1) is 6.92 Å². The van der Waals surface area contributed by atoms with Crippen molar-refractivity contribution in [1.29, 1.82) is 0 Å². The minimum absolute atomic E-state index is 0.0757. The van der Waals surface area contributed by atoms with E-state index >= 15 is 0 Å². The molecule has 3 nitrogen and oxygen atoms in total. The van der Waals surface area contributed by atoms with Crippen molar-refractivity contribution in [1.82, 2.24) is 5.32 Å². The first-order valence-electron chi connectivity index (χ1n) is 7.20. The fourth-order valence-electron chi connectivity index (χ4n) is 2.34. The number of rotatable bonds is 6. The summed E-state index contributed by atoms with van der Waals surface area (Å²) in [6.07, 6.45) is 0. The van der Waals surface area contributed by atoms with Gasteiger partial charge >= 0.3 is 0 Å². The molecule has 0 fully saturated rings. The van der Waals surface area contributed by atoms with Crippen molar-refractivity contribution in [2.45, 2.75) is 33.0 Å². The van der Waals surface area contributed by atoms with Crippen molar-refractivity contribution >= 4 is 0 Å². The number of methoxy groups -OCH3 is 1. The lowest BCUT2D eigenvalue weighted by molar-refractivity contribution is 0.281. The largest absolute Gasteiger partial charge is 0.496 e. The molecule has 0 heterocycles. The first-order chi connectivity index (χ1) is 10.1. The van der Waals surface area contributed by atoms with Gasteiger partial charge in [0.2, 0.25) is 0 Å². The number of nitrogens with one attached hydrogen (secondary N) is 1. The van der Waals surface area contributed by atoms with Gasteiger partial charge < -0.3 is 15.2 Å². The highest BCUT2D eigenvalue weighted by Gasteiger charge is 2.08. The molecule has 0 saturated heterocycles. The van der Waals surface area contributed by atoms with Crippen LogP contribution in [0.15, 0.2) is 42.5 Å². The van der Waals surface area contributed by atoms with Crippen LogP contribution in [0.3, 0.4) is 0 Å². The fourth-order valence-corrected chi connectivity index (χ4v) is 2.34. The molecule has 2 aromatic carbocycles. The van der Waals surface area contributed by atoms with Crippen molar-refractivity contribution in [2.75, 3.05) is 7.11 Å². The molecule has 0 aliphatic rings. The van der Waals surface area contributed by atoms with E-state index in [1.165, 1.54) is 11.1 Å². The highest BCUT2D eigenvalue weighted by Crippen LogP contribution is 2.21. The fraction of sp³-hybridized carbons (Fsp3) is 0.333. The molecule has 2 rings (SSSR count). The number of aryl methyl sites for hydroxylation is 1. The molecule has 0 spiro atoms. The second-order valence-corrected chi connectivity index (χ2v) is 5.32. The Kier molecular flexibility index (Phi) is 5.37. The van der Waals surface area contributed by atoms with Crippen molar-refractivity contribution in [3.8, 4) is 5.75 Å². The van der Waals surface area contributed by atoms with Crippen LogP contribution in [0.25, 0.3) is 0 Å². The molecule has 0 aliphatic heterocycles. The third-order valence-electron chi connectivity index (χ3n) is 3.67. The van der Waals surface area contributed by atoms with Crippen LogP contribution in [0.5, 0.6) is 5.75 Å². The Morgan fingerprint density at radius 1 is 1.19 bits per heavy atom. The van der Waals surface area contributed by atoms with E-state index in [0.717, 1.165) is 23.4 Å². The Labute approximate surface area is 126 Å². The van der Waals surface area contributed by atoms with Gasteiger partial charge in [-0.1, -0.05) is 36.4 Å². The highest BCUT2D eigenvalue weighted by atomic mass is 16.5. The number of hydrogen-bond acceptors (Lipinski definition) is 3. The summed E-state index contributed by atoms with van der Waals surface area (Å²) in [4.78, 5) is 0. The van der Waals surface area contributed by atoms with Gasteiger partial charge in [0.25, 0.3) is 0 Å². The van der Waals surface area contributed by atoms with Crippen LogP contribution in [0.4, 0.5) is 0 Å². The van der Waals surface area contributed by atoms with Crippen molar-refractivity contribution in [3.05, 3.63) is 64.7 Å². The molecule has 0 saturated carbocycles. The number of aliphatic hydroxyl groups excluding tert-OH is 1. The lowest BCUT2D eigenvalue weighted by Crippen LogP contribution is -2.18. The van der Waals surface area contributed by atoms with Gasteiger partial charge in [-0.25, -0.2) is 0 Å². The number of benzene rings is 2. The van der Waals surface area contributed by atoms with Gasteiger partial charge in [0.05, 0.1) is 13.7 Å². The van der Waals surface area contributed by atoms with E-state index in [0.29, 0.717) is 0 Å². The number of aliphatic hydroxyl groups is 1. The molecule has 112 valence electrons. The Balaban J connectivity index is 2.05. The Hall–Kier alpha value is -1.84. The van der Waals surface area contributed by atoms with Gasteiger partial charge in [-0.15, -0.1) is 0 Å². The van der Waals surface area contributed by atoms with Gasteiger partial charge in [-0.05, 0) is 36.6 Å². The maximum atomic E-state index is 9.21. The van der Waals surface area contributed by atoms with E-state index in [9.17, 15) is 5.11 Å². The molecule has 0 aliphatic carbocycles. The Morgan fingerprint density at radius 3 is 2.71 bits per heavy atom. The van der Waals surface area contributed by atoms with Crippen LogP contribution in [0.2, 0.25) is 0 Å². The van der Waals surface area contributed by atoms with Crippen LogP contribution < -0.4 is 10.1 Å². The first-order valence-corrected chi connectivity index (χ1v) is 7.20. The van der Waals surface area contributed by atoms with Gasteiger partial charge in [-0.2, -0.15) is 0 Å². The van der Waals surface area contributed by atoms with E-state index < -0.39 is 0 Å². The zero-order chi connectivity index (χ0) is 15.2. The van der Waals surface area contributed by atoms with E-state index in [1.807, 2.05) is 24.3 Å². The van der Waals surface area contributed by atoms with E-state index in [4.69, 9.17) is 4.74 Å². The maximum Gasteiger partial charge on any atom is 0.123 e. The van der Waals surface area contributed by atoms with Gasteiger partial charge in [0.15, 0.2) is 0 Å². The molecule has 2 aromatic rings. The SMILES string of the molecule is COc1cc(C)ccc1CNC(C)c1cccc(CO)c1. The highest BCUT2D eigenvalue weighted by molar-refractivity contribution is 5.37. The molecular formula is C18H23NO2. The number of hydrogen-bond donors (Lipinski definition) is 2. The molecule has 3 heteroatoms. The van der Waals surface area contributed by atoms with Crippen LogP contribution in [-0.4, -0.2) is 12.2 Å².